The van der Waals surface area contributed by atoms with Crippen molar-refractivity contribution in [2.75, 3.05) is 13.7 Å². The Morgan fingerprint density at radius 1 is 1.47 bits per heavy atom. The number of para-hydroxylation sites is 1. The van der Waals surface area contributed by atoms with E-state index < -0.39 is 0 Å². The predicted molar refractivity (Wildman–Crippen MR) is 62.0 cm³/mol. The molecule has 0 aliphatic heterocycles. The standard InChI is InChI=1S/C11H15BrO3/c1-8(7-14-2)15-11-9(6-13)4-3-5-10(11)12/h3-5,8,13H,6-7H2,1-2H3. The van der Waals surface area contributed by atoms with Crippen LogP contribution < -0.4 is 4.74 Å². The summed E-state index contributed by atoms with van der Waals surface area (Å²) in [5.74, 6) is 0.685. The van der Waals surface area contributed by atoms with Crippen LogP contribution in [0.4, 0.5) is 0 Å². The van der Waals surface area contributed by atoms with Crippen molar-refractivity contribution >= 4 is 15.9 Å². The van der Waals surface area contributed by atoms with E-state index in [4.69, 9.17) is 14.6 Å². The van der Waals surface area contributed by atoms with Crippen molar-refractivity contribution in [2.45, 2.75) is 19.6 Å². The zero-order chi connectivity index (χ0) is 11.3. The first-order valence-corrected chi connectivity index (χ1v) is 5.52. The van der Waals surface area contributed by atoms with Gasteiger partial charge in [0.05, 0.1) is 17.7 Å². The zero-order valence-corrected chi connectivity index (χ0v) is 10.5. The molecule has 1 aromatic carbocycles. The molecule has 0 saturated heterocycles. The summed E-state index contributed by atoms with van der Waals surface area (Å²) < 4.78 is 11.5. The molecular weight excluding hydrogens is 260 g/mol. The Morgan fingerprint density at radius 2 is 2.20 bits per heavy atom. The second-order valence-corrected chi connectivity index (χ2v) is 4.12. The molecule has 4 heteroatoms. The van der Waals surface area contributed by atoms with Gasteiger partial charge in [-0.05, 0) is 28.9 Å². The molecule has 3 nitrogen and oxygen atoms in total. The fourth-order valence-corrected chi connectivity index (χ4v) is 1.78. The fraction of sp³-hybridized carbons (Fsp3) is 0.455. The highest BCUT2D eigenvalue weighted by atomic mass is 79.9. The average molecular weight is 275 g/mol. The summed E-state index contributed by atoms with van der Waals surface area (Å²) in [6.07, 6.45) is -0.0426. The highest BCUT2D eigenvalue weighted by Crippen LogP contribution is 2.29. The number of rotatable bonds is 5. The van der Waals surface area contributed by atoms with Gasteiger partial charge in [-0.25, -0.2) is 0 Å². The van der Waals surface area contributed by atoms with Crippen molar-refractivity contribution in [1.29, 1.82) is 0 Å². The molecule has 0 spiro atoms. The number of hydrogen-bond donors (Lipinski definition) is 1. The van der Waals surface area contributed by atoms with Crippen LogP contribution in [-0.4, -0.2) is 24.9 Å². The lowest BCUT2D eigenvalue weighted by Gasteiger charge is -2.17. The molecule has 0 radical (unpaired) electrons. The van der Waals surface area contributed by atoms with Crippen LogP contribution in [0.25, 0.3) is 0 Å². The molecule has 1 rings (SSSR count). The Labute approximate surface area is 98.1 Å². The maximum atomic E-state index is 9.15. The monoisotopic (exact) mass is 274 g/mol. The molecule has 0 aliphatic rings. The minimum absolute atomic E-state index is 0.0333. The summed E-state index contributed by atoms with van der Waals surface area (Å²) >= 11 is 3.39. The summed E-state index contributed by atoms with van der Waals surface area (Å²) in [4.78, 5) is 0. The smallest absolute Gasteiger partial charge is 0.139 e. The molecule has 0 saturated carbocycles. The van der Waals surface area contributed by atoms with E-state index in [-0.39, 0.29) is 12.7 Å². The third-order valence-electron chi connectivity index (χ3n) is 1.94. The lowest BCUT2D eigenvalue weighted by Crippen LogP contribution is -2.19. The van der Waals surface area contributed by atoms with Crippen molar-refractivity contribution in [3.05, 3.63) is 28.2 Å². The number of methoxy groups -OCH3 is 1. The van der Waals surface area contributed by atoms with Crippen LogP contribution >= 0.6 is 15.9 Å². The zero-order valence-electron chi connectivity index (χ0n) is 8.87. The van der Waals surface area contributed by atoms with Crippen LogP contribution in [-0.2, 0) is 11.3 Å². The SMILES string of the molecule is COCC(C)Oc1c(Br)cccc1CO. The Balaban J connectivity index is 2.82. The lowest BCUT2D eigenvalue weighted by atomic mass is 10.2. The average Bonchev–Trinajstić information content (AvgIpc) is 2.21. The van der Waals surface area contributed by atoms with Gasteiger partial charge in [-0.3, -0.25) is 0 Å². The van der Waals surface area contributed by atoms with Crippen molar-refractivity contribution in [3.8, 4) is 5.75 Å². The third kappa shape index (κ3) is 3.48. The summed E-state index contributed by atoms with van der Waals surface area (Å²) in [7, 11) is 1.63. The van der Waals surface area contributed by atoms with Crippen LogP contribution in [0.2, 0.25) is 0 Å². The quantitative estimate of drug-likeness (QED) is 0.896. The largest absolute Gasteiger partial charge is 0.487 e. The third-order valence-corrected chi connectivity index (χ3v) is 2.56. The summed E-state index contributed by atoms with van der Waals surface area (Å²) in [5.41, 5.74) is 0.771. The van der Waals surface area contributed by atoms with Gasteiger partial charge in [0, 0.05) is 12.7 Å². The molecule has 1 atom stereocenters. The molecule has 0 fully saturated rings. The number of aliphatic hydroxyl groups is 1. The maximum Gasteiger partial charge on any atom is 0.139 e. The van der Waals surface area contributed by atoms with E-state index >= 15 is 0 Å². The minimum atomic E-state index is -0.0426. The summed E-state index contributed by atoms with van der Waals surface area (Å²) in [5, 5.41) is 9.15. The van der Waals surface area contributed by atoms with E-state index in [1.54, 1.807) is 7.11 Å². The Kier molecular flexibility index (Phi) is 5.08. The molecule has 1 N–H and O–H groups in total. The second-order valence-electron chi connectivity index (χ2n) is 3.27. The highest BCUT2D eigenvalue weighted by Gasteiger charge is 2.10. The van der Waals surface area contributed by atoms with Gasteiger partial charge in [0.15, 0.2) is 0 Å². The van der Waals surface area contributed by atoms with Gasteiger partial charge in [-0.1, -0.05) is 12.1 Å². The van der Waals surface area contributed by atoms with Gasteiger partial charge >= 0.3 is 0 Å². The first-order chi connectivity index (χ1) is 7.19. The molecule has 0 bridgehead atoms. The Bertz CT molecular complexity index is 315. The fourth-order valence-electron chi connectivity index (χ4n) is 1.28. The van der Waals surface area contributed by atoms with Crippen LogP contribution in [0.3, 0.4) is 0 Å². The topological polar surface area (TPSA) is 38.7 Å². The van der Waals surface area contributed by atoms with Crippen LogP contribution in [0.15, 0.2) is 22.7 Å². The van der Waals surface area contributed by atoms with Crippen LogP contribution in [0.5, 0.6) is 5.75 Å². The molecule has 15 heavy (non-hydrogen) atoms. The van der Waals surface area contributed by atoms with Gasteiger partial charge in [0.1, 0.15) is 11.9 Å². The van der Waals surface area contributed by atoms with E-state index in [0.717, 1.165) is 10.0 Å². The molecular formula is C11H15BrO3. The normalized spacial score (nSPS) is 12.5. The predicted octanol–water partition coefficient (Wildman–Crippen LogP) is 2.36. The molecule has 0 aromatic heterocycles. The van der Waals surface area contributed by atoms with Crippen LogP contribution in [0, 0.1) is 0 Å². The number of benzene rings is 1. The number of ether oxygens (including phenoxy) is 2. The summed E-state index contributed by atoms with van der Waals surface area (Å²) in [6.45, 7) is 2.41. The number of aliphatic hydroxyl groups excluding tert-OH is 1. The second kappa shape index (κ2) is 6.10. The van der Waals surface area contributed by atoms with E-state index in [0.29, 0.717) is 12.4 Å². The first-order valence-electron chi connectivity index (χ1n) is 4.73. The van der Waals surface area contributed by atoms with Crippen molar-refractivity contribution in [2.24, 2.45) is 0 Å². The van der Waals surface area contributed by atoms with E-state index in [9.17, 15) is 0 Å². The van der Waals surface area contributed by atoms with Crippen LogP contribution in [0.1, 0.15) is 12.5 Å². The first kappa shape index (κ1) is 12.5. The van der Waals surface area contributed by atoms with E-state index in [1.807, 2.05) is 25.1 Å². The van der Waals surface area contributed by atoms with E-state index in [1.165, 1.54) is 0 Å². The van der Waals surface area contributed by atoms with Gasteiger partial charge in [0.2, 0.25) is 0 Å². The minimum Gasteiger partial charge on any atom is -0.487 e. The van der Waals surface area contributed by atoms with Gasteiger partial charge < -0.3 is 14.6 Å². The molecule has 1 aromatic rings. The summed E-state index contributed by atoms with van der Waals surface area (Å²) in [6, 6.07) is 5.58. The van der Waals surface area contributed by atoms with E-state index in [2.05, 4.69) is 15.9 Å². The number of halogens is 1. The maximum absolute atomic E-state index is 9.15. The molecule has 0 aliphatic carbocycles. The molecule has 84 valence electrons. The Morgan fingerprint density at radius 3 is 2.80 bits per heavy atom. The molecule has 1 unspecified atom stereocenters. The van der Waals surface area contributed by atoms with Gasteiger partial charge in [-0.2, -0.15) is 0 Å². The van der Waals surface area contributed by atoms with Gasteiger partial charge in [0.25, 0.3) is 0 Å². The Hall–Kier alpha value is -0.580. The van der Waals surface area contributed by atoms with Crippen molar-refractivity contribution in [3.63, 3.8) is 0 Å². The van der Waals surface area contributed by atoms with Crippen molar-refractivity contribution in [1.82, 2.24) is 0 Å². The van der Waals surface area contributed by atoms with Gasteiger partial charge in [-0.15, -0.1) is 0 Å². The van der Waals surface area contributed by atoms with Crippen molar-refractivity contribution < 1.29 is 14.6 Å². The molecule has 0 heterocycles. The molecule has 0 amide bonds. The highest BCUT2D eigenvalue weighted by molar-refractivity contribution is 9.10. The number of hydrogen-bond acceptors (Lipinski definition) is 3. The lowest BCUT2D eigenvalue weighted by molar-refractivity contribution is 0.0897.